The van der Waals surface area contributed by atoms with Gasteiger partial charge in [0.1, 0.15) is 10.8 Å². The molecule has 7 heteroatoms. The van der Waals surface area contributed by atoms with Gasteiger partial charge in [-0.2, -0.15) is 0 Å². The summed E-state index contributed by atoms with van der Waals surface area (Å²) in [4.78, 5) is 6.42. The Balaban J connectivity index is 2.18. The Kier molecular flexibility index (Phi) is 4.95. The minimum absolute atomic E-state index is 0.449. The zero-order valence-corrected chi connectivity index (χ0v) is 13.8. The normalized spacial score (nSPS) is 11.9. The number of nitrogens with two attached hydrogens (primary N) is 3. The van der Waals surface area contributed by atoms with E-state index in [9.17, 15) is 0 Å². The monoisotopic (exact) mass is 335 g/mol. The SMILES string of the molecule is C=C/C(N)=C(/N)N(C)Cc1nc(-c2ccc(Cl)c(N)c2)cs1. The predicted octanol–water partition coefficient (Wildman–Crippen LogP) is 2.75. The maximum Gasteiger partial charge on any atom is 0.122 e. The minimum Gasteiger partial charge on any atom is -0.398 e. The van der Waals surface area contributed by atoms with E-state index in [1.54, 1.807) is 17.4 Å². The van der Waals surface area contributed by atoms with Crippen LogP contribution in [0.4, 0.5) is 5.69 Å². The molecule has 0 amide bonds. The molecule has 2 rings (SSSR count). The molecule has 0 radical (unpaired) electrons. The van der Waals surface area contributed by atoms with E-state index in [0.29, 0.717) is 28.8 Å². The molecule has 0 atom stereocenters. The van der Waals surface area contributed by atoms with Crippen molar-refractivity contribution >= 4 is 28.6 Å². The molecular formula is C15H18ClN5S. The largest absolute Gasteiger partial charge is 0.398 e. The number of benzene rings is 1. The van der Waals surface area contributed by atoms with E-state index in [0.717, 1.165) is 16.3 Å². The highest BCUT2D eigenvalue weighted by atomic mass is 35.5. The van der Waals surface area contributed by atoms with Crippen molar-refractivity contribution < 1.29 is 0 Å². The standard InChI is InChI=1S/C15H18ClN5S/c1-3-11(17)15(19)21(2)7-14-20-13(8-22-14)9-4-5-10(16)12(18)6-9/h3-6,8H,1,7,17-19H2,2H3/b15-11+. The van der Waals surface area contributed by atoms with Gasteiger partial charge < -0.3 is 22.1 Å². The van der Waals surface area contributed by atoms with E-state index in [-0.39, 0.29) is 0 Å². The van der Waals surface area contributed by atoms with Gasteiger partial charge in [-0.05, 0) is 18.2 Å². The van der Waals surface area contributed by atoms with Crippen LogP contribution in [-0.4, -0.2) is 16.9 Å². The molecule has 0 saturated carbocycles. The highest BCUT2D eigenvalue weighted by molar-refractivity contribution is 7.09. The van der Waals surface area contributed by atoms with Crippen LogP contribution in [0.15, 0.2) is 47.8 Å². The van der Waals surface area contributed by atoms with Crippen LogP contribution in [0, 0.1) is 0 Å². The molecule has 0 bridgehead atoms. The van der Waals surface area contributed by atoms with Gasteiger partial charge in [-0.1, -0.05) is 24.2 Å². The van der Waals surface area contributed by atoms with Gasteiger partial charge in [0.2, 0.25) is 0 Å². The van der Waals surface area contributed by atoms with Crippen LogP contribution in [0.2, 0.25) is 5.02 Å². The predicted molar refractivity (Wildman–Crippen MR) is 94.0 cm³/mol. The van der Waals surface area contributed by atoms with Gasteiger partial charge in [-0.15, -0.1) is 11.3 Å². The molecule has 0 saturated heterocycles. The van der Waals surface area contributed by atoms with Crippen molar-refractivity contribution in [3.05, 3.63) is 57.8 Å². The van der Waals surface area contributed by atoms with Crippen LogP contribution in [0.3, 0.4) is 0 Å². The van der Waals surface area contributed by atoms with Crippen molar-refractivity contribution in [1.82, 2.24) is 9.88 Å². The second kappa shape index (κ2) is 6.72. The lowest BCUT2D eigenvalue weighted by Crippen LogP contribution is -2.26. The number of allylic oxidation sites excluding steroid dienone is 1. The molecule has 1 aromatic heterocycles. The van der Waals surface area contributed by atoms with Gasteiger partial charge in [0, 0.05) is 18.0 Å². The summed E-state index contributed by atoms with van der Waals surface area (Å²) in [5.41, 5.74) is 20.3. The molecule has 1 heterocycles. The van der Waals surface area contributed by atoms with Gasteiger partial charge in [0.25, 0.3) is 0 Å². The van der Waals surface area contributed by atoms with Crippen LogP contribution in [0.1, 0.15) is 5.01 Å². The zero-order chi connectivity index (χ0) is 16.3. The average molecular weight is 336 g/mol. The fourth-order valence-corrected chi connectivity index (χ4v) is 2.81. The number of thiazole rings is 1. The maximum atomic E-state index is 5.93. The molecule has 0 aliphatic carbocycles. The Labute approximate surface area is 138 Å². The van der Waals surface area contributed by atoms with E-state index in [1.807, 2.05) is 29.5 Å². The third-order valence-electron chi connectivity index (χ3n) is 3.14. The van der Waals surface area contributed by atoms with Crippen LogP contribution in [-0.2, 0) is 6.54 Å². The number of hydrogen-bond donors (Lipinski definition) is 3. The number of aromatic nitrogens is 1. The Bertz CT molecular complexity index is 722. The van der Waals surface area contributed by atoms with Crippen molar-refractivity contribution in [2.24, 2.45) is 11.5 Å². The molecular weight excluding hydrogens is 318 g/mol. The third kappa shape index (κ3) is 3.52. The Hall–Kier alpha value is -2.18. The molecule has 0 aliphatic heterocycles. The number of anilines is 1. The van der Waals surface area contributed by atoms with Gasteiger partial charge >= 0.3 is 0 Å². The van der Waals surface area contributed by atoms with Crippen LogP contribution >= 0.6 is 22.9 Å². The van der Waals surface area contributed by atoms with Crippen LogP contribution in [0.25, 0.3) is 11.3 Å². The van der Waals surface area contributed by atoms with Crippen molar-refractivity contribution in [2.45, 2.75) is 6.54 Å². The van der Waals surface area contributed by atoms with Crippen molar-refractivity contribution in [3.63, 3.8) is 0 Å². The van der Waals surface area contributed by atoms with E-state index >= 15 is 0 Å². The van der Waals surface area contributed by atoms with E-state index in [1.165, 1.54) is 6.08 Å². The van der Waals surface area contributed by atoms with Gasteiger partial charge in [-0.25, -0.2) is 4.98 Å². The molecule has 5 nitrogen and oxygen atoms in total. The van der Waals surface area contributed by atoms with E-state index in [4.69, 9.17) is 28.8 Å². The highest BCUT2D eigenvalue weighted by Gasteiger charge is 2.10. The first kappa shape index (κ1) is 16.2. The van der Waals surface area contributed by atoms with Crippen LogP contribution in [0.5, 0.6) is 0 Å². The topological polar surface area (TPSA) is 94.2 Å². The van der Waals surface area contributed by atoms with Gasteiger partial charge in [-0.3, -0.25) is 0 Å². The number of rotatable bonds is 5. The first-order chi connectivity index (χ1) is 10.4. The molecule has 22 heavy (non-hydrogen) atoms. The number of hydrogen-bond acceptors (Lipinski definition) is 6. The third-order valence-corrected chi connectivity index (χ3v) is 4.32. The fraction of sp³-hybridized carbons (Fsp3) is 0.133. The summed E-state index contributed by atoms with van der Waals surface area (Å²) in [5, 5.41) is 3.44. The summed E-state index contributed by atoms with van der Waals surface area (Å²) < 4.78 is 0. The van der Waals surface area contributed by atoms with E-state index < -0.39 is 0 Å². The summed E-state index contributed by atoms with van der Waals surface area (Å²) >= 11 is 7.48. The molecule has 116 valence electrons. The second-order valence-corrected chi connectivity index (χ2v) is 6.11. The average Bonchev–Trinajstić information content (AvgIpc) is 2.96. The molecule has 0 aliphatic rings. The molecule has 0 unspecified atom stereocenters. The van der Waals surface area contributed by atoms with Gasteiger partial charge in [0.05, 0.1) is 28.6 Å². The Morgan fingerprint density at radius 3 is 2.82 bits per heavy atom. The smallest absolute Gasteiger partial charge is 0.122 e. The lowest BCUT2D eigenvalue weighted by atomic mass is 10.1. The highest BCUT2D eigenvalue weighted by Crippen LogP contribution is 2.28. The summed E-state index contributed by atoms with van der Waals surface area (Å²) in [6.07, 6.45) is 1.52. The first-order valence-corrected chi connectivity index (χ1v) is 7.76. The minimum atomic E-state index is 0.449. The molecule has 1 aromatic carbocycles. The Morgan fingerprint density at radius 2 is 2.18 bits per heavy atom. The lowest BCUT2D eigenvalue weighted by Gasteiger charge is -2.18. The molecule has 0 fully saturated rings. The first-order valence-electron chi connectivity index (χ1n) is 6.51. The van der Waals surface area contributed by atoms with Crippen molar-refractivity contribution in [1.29, 1.82) is 0 Å². The fourth-order valence-electron chi connectivity index (χ4n) is 1.83. The quantitative estimate of drug-likeness (QED) is 0.577. The lowest BCUT2D eigenvalue weighted by molar-refractivity contribution is 0.401. The summed E-state index contributed by atoms with van der Waals surface area (Å²) in [5.74, 6) is 0.475. The zero-order valence-electron chi connectivity index (χ0n) is 12.2. The molecule has 0 spiro atoms. The van der Waals surface area contributed by atoms with Crippen LogP contribution < -0.4 is 17.2 Å². The summed E-state index contributed by atoms with van der Waals surface area (Å²) in [7, 11) is 1.85. The second-order valence-electron chi connectivity index (χ2n) is 4.76. The number of nitrogens with zero attached hydrogens (tertiary/aromatic N) is 2. The summed E-state index contributed by atoms with van der Waals surface area (Å²) in [6, 6.07) is 5.48. The Morgan fingerprint density at radius 1 is 1.45 bits per heavy atom. The summed E-state index contributed by atoms with van der Waals surface area (Å²) in [6.45, 7) is 4.17. The number of halogens is 1. The molecule has 2 aromatic rings. The maximum absolute atomic E-state index is 5.93. The number of nitrogen functional groups attached to an aromatic ring is 1. The van der Waals surface area contributed by atoms with E-state index in [2.05, 4.69) is 11.6 Å². The van der Waals surface area contributed by atoms with Crippen molar-refractivity contribution in [3.8, 4) is 11.3 Å². The molecule has 6 N–H and O–H groups in total. The van der Waals surface area contributed by atoms with Gasteiger partial charge in [0.15, 0.2) is 0 Å². The van der Waals surface area contributed by atoms with Crippen molar-refractivity contribution in [2.75, 3.05) is 12.8 Å².